The Kier molecular flexibility index (Phi) is 45.8. The van der Waals surface area contributed by atoms with E-state index in [-0.39, 0.29) is 101 Å². The third-order valence-electron chi connectivity index (χ3n) is 18.5. The Hall–Kier alpha value is -11.9. The molecule has 0 fully saturated rings. The monoisotopic (exact) mass is 1730 g/mol. The number of H-pyrrole nitrogens is 3. The van der Waals surface area contributed by atoms with Crippen LogP contribution >= 0.6 is 0 Å². The number of carbonyl (C=O) groups excluding carboxylic acids is 14. The zero-order valence-electron chi connectivity index (χ0n) is 68.7. The SMILES string of the molecule is CC(C)C[C@H](NC(=O)[C@@H](N)Cc1cnc[nH]1)C(=O)N[C@@H](CCCCN)C(=O)N[C@H](C(=O)N[C@@H](Cc1cnc[nH]1)C(=O)N[C@H](C(=O)N[C@@H](CCCN=C(N)N)C(=O)N[C@H](C(=O)N[C@@H](Cc1cnc[nH]1)C(=O)N[C@H](C(=O)NCC(=O)N[C@@H](CCCCN)C(=O)N[C@H](C(=O)N[C@@H](CO)C(=O)N[C@@H](CCC(=O)O)C(=O)O)[C@@H](C)O)[C@@H](C)O)[C@@H](C)O)[C@@H](C)O)[C@@H](C)O. The summed E-state index contributed by atoms with van der Waals surface area (Å²) in [6.45, 7) is 6.96. The van der Waals surface area contributed by atoms with E-state index in [1.54, 1.807) is 13.8 Å². The first-order valence-corrected chi connectivity index (χ1v) is 39.3. The van der Waals surface area contributed by atoms with Crippen molar-refractivity contribution < 1.29 is 118 Å². The summed E-state index contributed by atoms with van der Waals surface area (Å²) in [6, 6.07) is -24.0. The highest BCUT2D eigenvalue weighted by Gasteiger charge is 2.41. The minimum atomic E-state index is -2.03. The van der Waals surface area contributed by atoms with Gasteiger partial charge in [-0.2, -0.15) is 0 Å². The lowest BCUT2D eigenvalue weighted by Gasteiger charge is -2.30. The molecule has 0 radical (unpaired) electrons. The van der Waals surface area contributed by atoms with Crippen LogP contribution in [0.1, 0.15) is 136 Å². The van der Waals surface area contributed by atoms with E-state index in [0.29, 0.717) is 12.1 Å². The molecule has 0 unspecified atom stereocenters. The number of aromatic nitrogens is 6. The van der Waals surface area contributed by atoms with Crippen LogP contribution in [-0.2, 0) is 96.0 Å². The summed E-state index contributed by atoms with van der Waals surface area (Å²) in [6.07, 6.45) is -2.74. The summed E-state index contributed by atoms with van der Waals surface area (Å²) in [5, 5.41) is 116. The van der Waals surface area contributed by atoms with E-state index in [0.717, 1.165) is 34.6 Å². The van der Waals surface area contributed by atoms with Crippen molar-refractivity contribution in [1.82, 2.24) is 104 Å². The van der Waals surface area contributed by atoms with Gasteiger partial charge in [0.15, 0.2) is 5.96 Å². The predicted molar refractivity (Wildman–Crippen MR) is 428 cm³/mol. The summed E-state index contributed by atoms with van der Waals surface area (Å²) in [4.78, 5) is 243. The molecule has 0 aliphatic rings. The molecule has 0 saturated carbocycles. The number of carboxylic acids is 2. The molecule has 3 aromatic rings. The Bertz CT molecular complexity index is 3900. The Morgan fingerprint density at radius 3 is 1.07 bits per heavy atom. The van der Waals surface area contributed by atoms with Crippen LogP contribution in [0.4, 0.5) is 0 Å². The van der Waals surface area contributed by atoms with Crippen molar-refractivity contribution in [3.63, 3.8) is 0 Å². The van der Waals surface area contributed by atoms with E-state index in [4.69, 9.17) is 33.8 Å². The van der Waals surface area contributed by atoms with Crippen molar-refractivity contribution in [2.24, 2.45) is 39.6 Å². The number of hydrogen-bond donors (Lipinski definition) is 30. The van der Waals surface area contributed by atoms with E-state index < -0.39 is 249 Å². The number of imidazole rings is 3. The molecule has 3 heterocycles. The Morgan fingerprint density at radius 1 is 0.393 bits per heavy atom. The van der Waals surface area contributed by atoms with Crippen LogP contribution in [0.25, 0.3) is 0 Å². The fourth-order valence-corrected chi connectivity index (χ4v) is 11.8. The molecule has 50 heteroatoms. The smallest absolute Gasteiger partial charge is 0.326 e. The number of nitrogens with two attached hydrogens (primary N) is 5. The summed E-state index contributed by atoms with van der Waals surface area (Å²) < 4.78 is 0. The number of aliphatic imine (C=N–C) groups is 1. The van der Waals surface area contributed by atoms with Crippen LogP contribution in [0, 0.1) is 5.92 Å². The average molecular weight is 1730 g/mol. The molecule has 122 heavy (non-hydrogen) atoms. The normalized spacial score (nSPS) is 15.9. The molecule has 0 aromatic carbocycles. The molecule has 50 nitrogen and oxygen atoms in total. The third-order valence-corrected chi connectivity index (χ3v) is 18.5. The minimum Gasteiger partial charge on any atom is -0.481 e. The topological polar surface area (TPSA) is 832 Å². The largest absolute Gasteiger partial charge is 0.481 e. The standard InChI is InChI=1S/C72H120N26O24/c1-33(2)21-47(90-58(108)42(75)22-39-25-78-30-83-39)62(112)87-44(14-9-11-19-74)60(110)96-55(36(5)102)68(118)92-49(24-41-27-80-32-85-41)64(114)98-54(35(4)101)67(117)88-45(15-12-20-81-72(76)77)61(111)97-56(37(6)103)69(119)91-48(23-40-26-79-31-84-40)63(113)94-53(34(3)100)66(116)82-28-51(105)86-43(13-8-10-18-73)59(109)95-57(38(7)104)70(120)93-50(29-99)65(115)89-46(71(121)122)16-17-52(106)107/h25-27,30-38,42-50,53-57,99-104H,8-24,28-29,73-75H2,1-7H3,(H,78,83)(H,79,84)(H,80,85)(H,82,116)(H,86,105)(H,87,112)(H,88,117)(H,89,115)(H,90,108)(H,91,119)(H,92,118)(H,93,120)(H,94,113)(H,95,109)(H,96,110)(H,97,111)(H,98,114)(H,106,107)(H,121,122)(H4,76,77,81)/t34-,35-,36-,37-,38-,42+,43+,44+,45+,46+,47+,48+,49+,50+,53+,54+,55+,56+,57+/m1/s1. The first-order valence-electron chi connectivity index (χ1n) is 39.3. The van der Waals surface area contributed by atoms with Gasteiger partial charge in [-0.05, 0) is 118 Å². The first kappa shape index (κ1) is 104. The molecule has 35 N–H and O–H groups in total. The molecule has 0 aliphatic heterocycles. The van der Waals surface area contributed by atoms with Gasteiger partial charge in [0.05, 0.1) is 68.7 Å². The lowest BCUT2D eigenvalue weighted by atomic mass is 10.0. The van der Waals surface area contributed by atoms with Crippen LogP contribution in [-0.4, -0.2) is 319 Å². The second-order valence-corrected chi connectivity index (χ2v) is 29.5. The van der Waals surface area contributed by atoms with E-state index in [2.05, 4.69) is 104 Å². The fourth-order valence-electron chi connectivity index (χ4n) is 11.8. The summed E-state index contributed by atoms with van der Waals surface area (Å²) in [5.41, 5.74) is 29.6. The number of aliphatic carboxylic acids is 2. The number of carbonyl (C=O) groups is 16. The van der Waals surface area contributed by atoms with Gasteiger partial charge in [-0.3, -0.25) is 76.9 Å². The third kappa shape index (κ3) is 37.4. The molecular formula is C72H120N26O24. The van der Waals surface area contributed by atoms with Gasteiger partial charge < -0.3 is 159 Å². The molecule has 0 aliphatic carbocycles. The molecule has 682 valence electrons. The van der Waals surface area contributed by atoms with Crippen molar-refractivity contribution in [3.05, 3.63) is 54.7 Å². The molecule has 0 saturated heterocycles. The van der Waals surface area contributed by atoms with Gasteiger partial charge in [0.1, 0.15) is 78.5 Å². The predicted octanol–water partition coefficient (Wildman–Crippen LogP) is -12.2. The highest BCUT2D eigenvalue weighted by atomic mass is 16.4. The minimum absolute atomic E-state index is 0.0482. The number of nitrogens with zero attached hydrogens (tertiary/aromatic N) is 4. The molecule has 14 amide bonds. The van der Waals surface area contributed by atoms with Crippen molar-refractivity contribution >= 4 is 101 Å². The van der Waals surface area contributed by atoms with Crippen LogP contribution in [0.3, 0.4) is 0 Å². The number of carboxylic acid groups (broad SMARTS) is 2. The maximum absolute atomic E-state index is 14.6. The lowest BCUT2D eigenvalue weighted by Crippen LogP contribution is -2.64. The van der Waals surface area contributed by atoms with Crippen LogP contribution in [0.5, 0.6) is 0 Å². The van der Waals surface area contributed by atoms with Gasteiger partial charge in [0.2, 0.25) is 82.7 Å². The molecule has 3 rings (SSSR count). The van der Waals surface area contributed by atoms with Crippen molar-refractivity contribution in [2.75, 3.05) is 32.8 Å². The number of aromatic amines is 3. The van der Waals surface area contributed by atoms with Gasteiger partial charge in [-0.15, -0.1) is 0 Å². The number of guanidine groups is 1. The zero-order chi connectivity index (χ0) is 91.6. The maximum Gasteiger partial charge on any atom is 0.326 e. The van der Waals surface area contributed by atoms with Gasteiger partial charge in [0.25, 0.3) is 0 Å². The average Bonchev–Trinajstić information content (AvgIpc) is 1.21. The highest BCUT2D eigenvalue weighted by Crippen LogP contribution is 2.14. The molecule has 19 atom stereocenters. The van der Waals surface area contributed by atoms with Crippen LogP contribution in [0.15, 0.2) is 42.6 Å². The number of aliphatic hydroxyl groups is 6. The quantitative estimate of drug-likeness (QED) is 0.0142. The molecule has 0 bridgehead atoms. The lowest BCUT2D eigenvalue weighted by molar-refractivity contribution is -0.144. The zero-order valence-corrected chi connectivity index (χ0v) is 68.7. The van der Waals surface area contributed by atoms with E-state index >= 15 is 0 Å². The Labute approximate surface area is 700 Å². The fraction of sp³-hybridized carbons (Fsp3) is 0.639. The van der Waals surface area contributed by atoms with Gasteiger partial charge >= 0.3 is 11.9 Å². The Balaban J connectivity index is 1.88. The number of rotatable bonds is 58. The van der Waals surface area contributed by atoms with Gasteiger partial charge in [-0.25, -0.2) is 19.7 Å². The molecule has 0 spiro atoms. The summed E-state index contributed by atoms with van der Waals surface area (Å²) >= 11 is 0. The first-order chi connectivity index (χ1) is 57.5. The number of aliphatic hydroxyl groups excluding tert-OH is 6. The number of amides is 14. The number of hydrogen-bond acceptors (Lipinski definition) is 29. The van der Waals surface area contributed by atoms with Gasteiger partial charge in [0, 0.05) is 67.9 Å². The maximum atomic E-state index is 14.6. The molecular weight excluding hydrogens is 1610 g/mol. The molecule has 3 aromatic heterocycles. The summed E-state index contributed by atoms with van der Waals surface area (Å²) in [5.74, 6) is -19.4. The second kappa shape index (κ2) is 53.7. The van der Waals surface area contributed by atoms with Crippen molar-refractivity contribution in [2.45, 2.75) is 253 Å². The number of nitrogens with one attached hydrogen (secondary N) is 17. The van der Waals surface area contributed by atoms with Crippen LogP contribution in [0.2, 0.25) is 0 Å². The summed E-state index contributed by atoms with van der Waals surface area (Å²) in [7, 11) is 0. The van der Waals surface area contributed by atoms with Crippen LogP contribution < -0.4 is 103 Å². The Morgan fingerprint density at radius 2 is 0.721 bits per heavy atom. The van der Waals surface area contributed by atoms with Gasteiger partial charge in [-0.1, -0.05) is 13.8 Å². The van der Waals surface area contributed by atoms with E-state index in [1.807, 2.05) is 5.32 Å². The highest BCUT2D eigenvalue weighted by molar-refractivity contribution is 6.01. The van der Waals surface area contributed by atoms with Crippen molar-refractivity contribution in [1.29, 1.82) is 0 Å². The number of unbranched alkanes of at least 4 members (excludes halogenated alkanes) is 2. The van der Waals surface area contributed by atoms with E-state index in [1.165, 1.54) is 37.6 Å². The van der Waals surface area contributed by atoms with Crippen molar-refractivity contribution in [3.8, 4) is 0 Å². The van der Waals surface area contributed by atoms with E-state index in [9.17, 15) is 112 Å². The second-order valence-electron chi connectivity index (χ2n) is 29.5.